The van der Waals surface area contributed by atoms with Crippen molar-refractivity contribution in [3.05, 3.63) is 152 Å². The predicted octanol–water partition coefficient (Wildman–Crippen LogP) is 11.5. The molecule has 0 amide bonds. The van der Waals surface area contributed by atoms with Gasteiger partial charge < -0.3 is 4.90 Å². The molecule has 1 nitrogen and oxygen atoms in total. The van der Waals surface area contributed by atoms with Crippen LogP contribution < -0.4 is 4.90 Å². The summed E-state index contributed by atoms with van der Waals surface area (Å²) in [6, 6.07) is 54.8. The van der Waals surface area contributed by atoms with E-state index in [2.05, 4.69) is 157 Å². The molecule has 0 aliphatic carbocycles. The van der Waals surface area contributed by atoms with Crippen molar-refractivity contribution < 1.29 is 0 Å². The minimum Gasteiger partial charge on any atom is -0.309 e. The highest BCUT2D eigenvalue weighted by Gasteiger charge is 2.20. The molecular weight excluding hydrogens is 502 g/mol. The van der Waals surface area contributed by atoms with Crippen molar-refractivity contribution in [2.45, 2.75) is 0 Å². The van der Waals surface area contributed by atoms with Crippen LogP contribution in [-0.2, 0) is 0 Å². The van der Waals surface area contributed by atoms with Gasteiger partial charge in [-0.3, -0.25) is 0 Å². The Bertz CT molecular complexity index is 2120. The van der Waals surface area contributed by atoms with Gasteiger partial charge in [-0.1, -0.05) is 115 Å². The maximum Gasteiger partial charge on any atom is 0.0640 e. The Hall–Kier alpha value is -4.92. The van der Waals surface area contributed by atoms with Gasteiger partial charge in [-0.2, -0.15) is 0 Å². The lowest BCUT2D eigenvalue weighted by atomic mass is 9.92. The first-order valence-corrected chi connectivity index (χ1v) is 14.4. The van der Waals surface area contributed by atoms with Crippen LogP contribution in [0.5, 0.6) is 0 Å². The molecule has 0 bridgehead atoms. The summed E-state index contributed by atoms with van der Waals surface area (Å²) in [5.74, 6) is 0. The number of benzene rings is 7. The largest absolute Gasteiger partial charge is 0.309 e. The van der Waals surface area contributed by atoms with Crippen LogP contribution in [0, 0.1) is 0 Å². The lowest BCUT2D eigenvalue weighted by molar-refractivity contribution is 1.30. The van der Waals surface area contributed by atoms with E-state index < -0.39 is 0 Å². The van der Waals surface area contributed by atoms with Gasteiger partial charge in [0, 0.05) is 32.2 Å². The molecule has 188 valence electrons. The molecule has 0 unspecified atom stereocenters. The van der Waals surface area contributed by atoms with Crippen LogP contribution in [0.3, 0.4) is 0 Å². The van der Waals surface area contributed by atoms with Gasteiger partial charge in [-0.25, -0.2) is 0 Å². The molecular formula is C38H25NS. The van der Waals surface area contributed by atoms with E-state index in [1.165, 1.54) is 58.5 Å². The molecule has 1 aromatic heterocycles. The minimum absolute atomic E-state index is 1.15. The molecule has 0 radical (unpaired) electrons. The van der Waals surface area contributed by atoms with E-state index in [9.17, 15) is 0 Å². The van der Waals surface area contributed by atoms with Gasteiger partial charge in [0.2, 0.25) is 0 Å². The molecule has 0 saturated heterocycles. The van der Waals surface area contributed by atoms with Gasteiger partial charge in [0.1, 0.15) is 0 Å². The third kappa shape index (κ3) is 3.61. The fraction of sp³-hybridized carbons (Fsp3) is 0. The molecule has 8 rings (SSSR count). The van der Waals surface area contributed by atoms with Gasteiger partial charge in [-0.15, -0.1) is 11.3 Å². The Morgan fingerprint density at radius 1 is 0.375 bits per heavy atom. The summed E-state index contributed by atoms with van der Waals surface area (Å²) in [5.41, 5.74) is 6.07. The SMILES string of the molecule is c1ccc(N(c2ccccc2)c2cccc3c2sc2c4ccccc4c(-c4cccc5ccccc45)cc32)cc1. The lowest BCUT2D eigenvalue weighted by Crippen LogP contribution is -2.09. The topological polar surface area (TPSA) is 3.24 Å². The number of para-hydroxylation sites is 2. The number of fused-ring (bicyclic) bond motifs is 6. The van der Waals surface area contributed by atoms with Gasteiger partial charge in [-0.05, 0) is 63.7 Å². The molecule has 0 atom stereocenters. The zero-order valence-electron chi connectivity index (χ0n) is 21.8. The van der Waals surface area contributed by atoms with Gasteiger partial charge >= 0.3 is 0 Å². The van der Waals surface area contributed by atoms with Crippen LogP contribution >= 0.6 is 11.3 Å². The van der Waals surface area contributed by atoms with Crippen molar-refractivity contribution in [2.75, 3.05) is 4.90 Å². The highest BCUT2D eigenvalue weighted by atomic mass is 32.1. The Morgan fingerprint density at radius 3 is 1.68 bits per heavy atom. The molecule has 8 aromatic rings. The minimum atomic E-state index is 1.15. The second-order valence-electron chi connectivity index (χ2n) is 10.1. The second kappa shape index (κ2) is 9.37. The van der Waals surface area contributed by atoms with E-state index in [0.29, 0.717) is 0 Å². The zero-order valence-corrected chi connectivity index (χ0v) is 22.6. The number of thiophene rings is 1. The standard InChI is InChI=1S/C38H25NS/c1-3-15-27(16-4-1)39(28-17-5-2-6-18-28)36-24-12-23-33-35-25-34(30-22-11-14-26-13-7-8-19-29(26)30)31-20-9-10-21-32(31)37(35)40-38(33)36/h1-25H. The maximum atomic E-state index is 2.43. The van der Waals surface area contributed by atoms with Crippen molar-refractivity contribution >= 4 is 70.1 Å². The van der Waals surface area contributed by atoms with Gasteiger partial charge in [0.15, 0.2) is 0 Å². The number of rotatable bonds is 4. The number of nitrogens with zero attached hydrogens (tertiary/aromatic N) is 1. The molecule has 0 aliphatic heterocycles. The van der Waals surface area contributed by atoms with Gasteiger partial charge in [0.05, 0.1) is 10.4 Å². The van der Waals surface area contributed by atoms with Crippen LogP contribution in [0.4, 0.5) is 17.1 Å². The zero-order chi connectivity index (χ0) is 26.5. The van der Waals surface area contributed by atoms with Crippen LogP contribution in [0.15, 0.2) is 152 Å². The molecule has 0 aliphatic rings. The quantitative estimate of drug-likeness (QED) is 0.220. The summed E-state index contributed by atoms with van der Waals surface area (Å²) in [6.07, 6.45) is 0. The molecule has 0 fully saturated rings. The smallest absolute Gasteiger partial charge is 0.0640 e. The highest BCUT2D eigenvalue weighted by Crippen LogP contribution is 2.48. The first-order chi connectivity index (χ1) is 19.9. The van der Waals surface area contributed by atoms with Crippen molar-refractivity contribution in [1.82, 2.24) is 0 Å². The normalized spacial score (nSPS) is 11.5. The van der Waals surface area contributed by atoms with E-state index in [1.54, 1.807) is 0 Å². The van der Waals surface area contributed by atoms with Crippen LogP contribution in [0.25, 0.3) is 52.8 Å². The third-order valence-corrected chi connectivity index (χ3v) is 9.11. The average molecular weight is 528 g/mol. The fourth-order valence-electron chi connectivity index (χ4n) is 6.05. The van der Waals surface area contributed by atoms with Crippen molar-refractivity contribution in [1.29, 1.82) is 0 Å². The fourth-order valence-corrected chi connectivity index (χ4v) is 7.37. The Labute approximate surface area is 237 Å². The third-order valence-electron chi connectivity index (χ3n) is 7.83. The van der Waals surface area contributed by atoms with Gasteiger partial charge in [0.25, 0.3) is 0 Å². The average Bonchev–Trinajstić information content (AvgIpc) is 3.41. The first-order valence-electron chi connectivity index (χ1n) is 13.6. The summed E-state index contributed by atoms with van der Waals surface area (Å²) in [4.78, 5) is 2.38. The van der Waals surface area contributed by atoms with E-state index in [-0.39, 0.29) is 0 Å². The summed E-state index contributed by atoms with van der Waals surface area (Å²) in [7, 11) is 0. The van der Waals surface area contributed by atoms with E-state index in [4.69, 9.17) is 0 Å². The number of anilines is 3. The van der Waals surface area contributed by atoms with E-state index in [0.717, 1.165) is 11.4 Å². The first kappa shape index (κ1) is 23.0. The highest BCUT2D eigenvalue weighted by molar-refractivity contribution is 7.27. The predicted molar refractivity (Wildman–Crippen MR) is 174 cm³/mol. The van der Waals surface area contributed by atoms with Crippen molar-refractivity contribution in [3.8, 4) is 11.1 Å². The molecule has 0 saturated carbocycles. The van der Waals surface area contributed by atoms with Crippen LogP contribution in [0.1, 0.15) is 0 Å². The summed E-state index contributed by atoms with van der Waals surface area (Å²) >= 11 is 1.90. The molecule has 7 aromatic carbocycles. The summed E-state index contributed by atoms with van der Waals surface area (Å²) < 4.78 is 2.63. The van der Waals surface area contributed by atoms with E-state index >= 15 is 0 Å². The number of hydrogen-bond acceptors (Lipinski definition) is 2. The maximum absolute atomic E-state index is 2.43. The molecule has 0 N–H and O–H groups in total. The lowest BCUT2D eigenvalue weighted by Gasteiger charge is -2.25. The number of hydrogen-bond donors (Lipinski definition) is 0. The summed E-state index contributed by atoms with van der Waals surface area (Å²) in [5, 5.41) is 7.76. The van der Waals surface area contributed by atoms with Crippen LogP contribution in [0.2, 0.25) is 0 Å². The van der Waals surface area contributed by atoms with E-state index in [1.807, 2.05) is 11.3 Å². The Morgan fingerprint density at radius 2 is 0.925 bits per heavy atom. The van der Waals surface area contributed by atoms with Crippen molar-refractivity contribution in [2.24, 2.45) is 0 Å². The Kier molecular flexibility index (Phi) is 5.39. The monoisotopic (exact) mass is 527 g/mol. The molecule has 1 heterocycles. The molecule has 2 heteroatoms. The summed E-state index contributed by atoms with van der Waals surface area (Å²) in [6.45, 7) is 0. The Balaban J connectivity index is 1.46. The molecule has 40 heavy (non-hydrogen) atoms. The molecule has 0 spiro atoms. The second-order valence-corrected chi connectivity index (χ2v) is 11.2. The van der Waals surface area contributed by atoms with Crippen molar-refractivity contribution in [3.63, 3.8) is 0 Å². The van der Waals surface area contributed by atoms with Crippen LogP contribution in [-0.4, -0.2) is 0 Å².